The maximum atomic E-state index is 10.7. The quantitative estimate of drug-likeness (QED) is 0.823. The topological polar surface area (TPSA) is 53.4 Å². The van der Waals surface area contributed by atoms with Crippen LogP contribution in [-0.4, -0.2) is 33.5 Å². The maximum Gasteiger partial charge on any atom is 0.317 e. The normalized spacial score (nSPS) is 11.1. The molecule has 0 radical (unpaired) electrons. The van der Waals surface area contributed by atoms with E-state index in [9.17, 15) is 4.79 Å². The van der Waals surface area contributed by atoms with Crippen LogP contribution < -0.4 is 0 Å². The molecule has 16 heavy (non-hydrogen) atoms. The lowest BCUT2D eigenvalue weighted by atomic mass is 10.2. The number of pyridine rings is 1. The van der Waals surface area contributed by atoms with E-state index in [2.05, 4.69) is 4.98 Å². The summed E-state index contributed by atoms with van der Waals surface area (Å²) in [5, 5.41) is 8.81. The van der Waals surface area contributed by atoms with Crippen molar-refractivity contribution < 1.29 is 9.90 Å². The van der Waals surface area contributed by atoms with E-state index in [1.54, 1.807) is 12.4 Å². The molecule has 0 amide bonds. The van der Waals surface area contributed by atoms with Gasteiger partial charge in [0.25, 0.3) is 0 Å². The minimum Gasteiger partial charge on any atom is -0.480 e. The largest absolute Gasteiger partial charge is 0.480 e. The fourth-order valence-corrected chi connectivity index (χ4v) is 1.53. The van der Waals surface area contributed by atoms with Gasteiger partial charge in [-0.15, -0.1) is 0 Å². The Labute approximate surface area is 95.9 Å². The van der Waals surface area contributed by atoms with Gasteiger partial charge in [-0.2, -0.15) is 0 Å². The van der Waals surface area contributed by atoms with Gasteiger partial charge in [-0.05, 0) is 31.9 Å². The Kier molecular flexibility index (Phi) is 4.43. The molecule has 0 spiro atoms. The number of hydrogen-bond donors (Lipinski definition) is 1. The van der Waals surface area contributed by atoms with Gasteiger partial charge in [0.05, 0.1) is 6.54 Å². The number of aromatic nitrogens is 1. The lowest BCUT2D eigenvalue weighted by Gasteiger charge is -2.24. The second-order valence-corrected chi connectivity index (χ2v) is 4.26. The van der Waals surface area contributed by atoms with Crippen LogP contribution in [0.1, 0.15) is 25.0 Å². The predicted octanol–water partition coefficient (Wildman–Crippen LogP) is 1.69. The van der Waals surface area contributed by atoms with Gasteiger partial charge < -0.3 is 5.11 Å². The fourth-order valence-electron chi connectivity index (χ4n) is 1.53. The molecule has 1 aromatic rings. The zero-order chi connectivity index (χ0) is 12.1. The summed E-state index contributed by atoms with van der Waals surface area (Å²) in [4.78, 5) is 16.7. The Bertz CT molecular complexity index is 364. The third-order valence-electron chi connectivity index (χ3n) is 2.39. The third-order valence-corrected chi connectivity index (χ3v) is 2.39. The maximum absolute atomic E-state index is 10.7. The zero-order valence-corrected chi connectivity index (χ0v) is 9.97. The number of carboxylic acids is 1. The Morgan fingerprint density at radius 3 is 2.69 bits per heavy atom. The monoisotopic (exact) mass is 222 g/mol. The van der Waals surface area contributed by atoms with E-state index >= 15 is 0 Å². The Morgan fingerprint density at radius 2 is 2.19 bits per heavy atom. The summed E-state index contributed by atoms with van der Waals surface area (Å²) in [5.74, 6) is -0.797. The van der Waals surface area contributed by atoms with Crippen LogP contribution in [0.4, 0.5) is 0 Å². The highest BCUT2D eigenvalue weighted by Crippen LogP contribution is 2.08. The van der Waals surface area contributed by atoms with Crippen molar-refractivity contribution in [2.24, 2.45) is 0 Å². The standard InChI is InChI=1S/C12H18N2O2/c1-9(2)14(8-12(15)16)7-11-4-10(3)5-13-6-11/h4-6,9H,7-8H2,1-3H3,(H,15,16). The van der Waals surface area contributed by atoms with E-state index in [0.29, 0.717) is 6.54 Å². The smallest absolute Gasteiger partial charge is 0.317 e. The number of nitrogens with zero attached hydrogens (tertiary/aromatic N) is 2. The second kappa shape index (κ2) is 5.61. The first-order valence-corrected chi connectivity index (χ1v) is 5.35. The van der Waals surface area contributed by atoms with Crippen molar-refractivity contribution in [3.8, 4) is 0 Å². The van der Waals surface area contributed by atoms with E-state index in [4.69, 9.17) is 5.11 Å². The zero-order valence-electron chi connectivity index (χ0n) is 9.97. The van der Waals surface area contributed by atoms with E-state index < -0.39 is 5.97 Å². The van der Waals surface area contributed by atoms with Gasteiger partial charge >= 0.3 is 5.97 Å². The minimum absolute atomic E-state index is 0.0611. The van der Waals surface area contributed by atoms with Gasteiger partial charge in [-0.3, -0.25) is 14.7 Å². The van der Waals surface area contributed by atoms with E-state index in [1.165, 1.54) is 0 Å². The van der Waals surface area contributed by atoms with Gasteiger partial charge in [-0.1, -0.05) is 6.07 Å². The summed E-state index contributed by atoms with van der Waals surface area (Å²) < 4.78 is 0. The molecule has 0 aliphatic carbocycles. The number of hydrogen-bond acceptors (Lipinski definition) is 3. The molecule has 88 valence electrons. The van der Waals surface area contributed by atoms with E-state index in [0.717, 1.165) is 11.1 Å². The molecule has 0 saturated heterocycles. The number of aryl methyl sites for hydroxylation is 1. The van der Waals surface area contributed by atoms with Crippen LogP contribution in [0.3, 0.4) is 0 Å². The average Bonchev–Trinajstić information content (AvgIpc) is 2.15. The molecule has 0 atom stereocenters. The van der Waals surface area contributed by atoms with Crippen LogP contribution in [0.5, 0.6) is 0 Å². The Balaban J connectivity index is 2.71. The second-order valence-electron chi connectivity index (χ2n) is 4.26. The van der Waals surface area contributed by atoms with E-state index in [1.807, 2.05) is 31.7 Å². The van der Waals surface area contributed by atoms with Gasteiger partial charge in [0, 0.05) is 25.0 Å². The molecule has 0 fully saturated rings. The molecule has 0 bridgehead atoms. The van der Waals surface area contributed by atoms with Crippen molar-refractivity contribution >= 4 is 5.97 Å². The summed E-state index contributed by atoms with van der Waals surface area (Å²) in [5.41, 5.74) is 2.14. The minimum atomic E-state index is -0.797. The highest BCUT2D eigenvalue weighted by molar-refractivity contribution is 5.69. The van der Waals surface area contributed by atoms with E-state index in [-0.39, 0.29) is 12.6 Å². The molecule has 0 saturated carbocycles. The van der Waals surface area contributed by atoms with Crippen LogP contribution >= 0.6 is 0 Å². The van der Waals surface area contributed by atoms with Crippen LogP contribution in [-0.2, 0) is 11.3 Å². The van der Waals surface area contributed by atoms with Crippen molar-refractivity contribution in [3.63, 3.8) is 0 Å². The lowest BCUT2D eigenvalue weighted by molar-refractivity contribution is -0.138. The van der Waals surface area contributed by atoms with Gasteiger partial charge in [0.1, 0.15) is 0 Å². The highest BCUT2D eigenvalue weighted by atomic mass is 16.4. The molecule has 0 aliphatic rings. The van der Waals surface area contributed by atoms with Crippen LogP contribution in [0, 0.1) is 6.92 Å². The average molecular weight is 222 g/mol. The first kappa shape index (κ1) is 12.6. The Morgan fingerprint density at radius 1 is 1.50 bits per heavy atom. The molecule has 0 unspecified atom stereocenters. The molecular weight excluding hydrogens is 204 g/mol. The van der Waals surface area contributed by atoms with Crippen LogP contribution in [0.25, 0.3) is 0 Å². The molecule has 0 aliphatic heterocycles. The first-order valence-electron chi connectivity index (χ1n) is 5.35. The lowest BCUT2D eigenvalue weighted by Crippen LogP contribution is -2.35. The van der Waals surface area contributed by atoms with Crippen molar-refractivity contribution in [2.45, 2.75) is 33.4 Å². The summed E-state index contributed by atoms with van der Waals surface area (Å²) in [7, 11) is 0. The molecular formula is C12H18N2O2. The molecule has 4 heteroatoms. The van der Waals surface area contributed by atoms with Crippen molar-refractivity contribution in [1.82, 2.24) is 9.88 Å². The van der Waals surface area contributed by atoms with Crippen molar-refractivity contribution in [1.29, 1.82) is 0 Å². The van der Waals surface area contributed by atoms with Gasteiger partial charge in [0.15, 0.2) is 0 Å². The summed E-state index contributed by atoms with van der Waals surface area (Å²) in [6.07, 6.45) is 3.57. The number of aliphatic carboxylic acids is 1. The number of carbonyl (C=O) groups is 1. The molecule has 0 aromatic carbocycles. The summed E-state index contributed by atoms with van der Waals surface area (Å²) >= 11 is 0. The molecule has 1 heterocycles. The van der Waals surface area contributed by atoms with Crippen LogP contribution in [0.15, 0.2) is 18.5 Å². The number of rotatable bonds is 5. The number of carboxylic acid groups (broad SMARTS) is 1. The first-order chi connectivity index (χ1) is 7.49. The highest BCUT2D eigenvalue weighted by Gasteiger charge is 2.13. The van der Waals surface area contributed by atoms with Crippen LogP contribution in [0.2, 0.25) is 0 Å². The van der Waals surface area contributed by atoms with Crippen molar-refractivity contribution in [3.05, 3.63) is 29.6 Å². The SMILES string of the molecule is Cc1cncc(CN(CC(=O)O)C(C)C)c1. The predicted molar refractivity (Wildman–Crippen MR) is 62.2 cm³/mol. The molecule has 1 N–H and O–H groups in total. The Hall–Kier alpha value is -1.42. The van der Waals surface area contributed by atoms with Gasteiger partial charge in [-0.25, -0.2) is 0 Å². The fraction of sp³-hybridized carbons (Fsp3) is 0.500. The molecule has 4 nitrogen and oxygen atoms in total. The van der Waals surface area contributed by atoms with Gasteiger partial charge in [0.2, 0.25) is 0 Å². The third kappa shape index (κ3) is 3.98. The molecule has 1 aromatic heterocycles. The summed E-state index contributed by atoms with van der Waals surface area (Å²) in [6, 6.07) is 2.24. The van der Waals surface area contributed by atoms with Crippen molar-refractivity contribution in [2.75, 3.05) is 6.54 Å². The molecule has 1 rings (SSSR count). The summed E-state index contributed by atoms with van der Waals surface area (Å²) in [6.45, 7) is 6.65.